The number of amides is 4. The largest absolute Gasteiger partial charge is 0.462 e. The predicted octanol–water partition coefficient (Wildman–Crippen LogP) is -1.50. The number of rotatable bonds is 7. The van der Waals surface area contributed by atoms with Crippen molar-refractivity contribution in [3.05, 3.63) is 35.4 Å². The number of carbonyl (C=O) groups excluding carboxylic acids is 4. The van der Waals surface area contributed by atoms with E-state index in [-0.39, 0.29) is 64.7 Å². The summed E-state index contributed by atoms with van der Waals surface area (Å²) < 4.78 is 9.85. The minimum Gasteiger partial charge on any atom is -0.462 e. The molecule has 0 bridgehead atoms. The van der Waals surface area contributed by atoms with Gasteiger partial charge in [0, 0.05) is 40.9 Å². The number of thioether (sulfide) groups is 1. The monoisotopic (exact) mass is 462 g/mol. The maximum Gasteiger partial charge on any atom is 0.404 e. The van der Waals surface area contributed by atoms with Crippen LogP contribution in [0, 0.1) is 0 Å². The molecule has 3 rings (SSSR count). The van der Waals surface area contributed by atoms with Gasteiger partial charge in [-0.05, 0) is 12.1 Å². The third-order valence-electron chi connectivity index (χ3n) is 4.19. The van der Waals surface area contributed by atoms with Crippen molar-refractivity contribution in [2.45, 2.75) is 11.4 Å². The number of hydrogen-bond donors (Lipinski definition) is 4. The van der Waals surface area contributed by atoms with E-state index in [1.54, 1.807) is 6.07 Å². The van der Waals surface area contributed by atoms with Crippen molar-refractivity contribution < 1.29 is 38.4 Å². The van der Waals surface area contributed by atoms with Gasteiger partial charge in [0.15, 0.2) is 5.76 Å². The van der Waals surface area contributed by atoms with E-state index < -0.39 is 35.2 Å². The number of oxime groups is 1. The molecule has 2 atom stereocenters. The molecule has 1 radical (unpaired) electrons. The van der Waals surface area contributed by atoms with Gasteiger partial charge in [-0.2, -0.15) is 0 Å². The molecule has 161 valence electrons. The molecule has 15 heteroatoms. The number of nitrogens with two attached hydrogens (primary N) is 1. The van der Waals surface area contributed by atoms with Crippen LogP contribution < -0.4 is 16.5 Å². The molecule has 0 aromatic carbocycles. The second kappa shape index (κ2) is 10.7. The topological polar surface area (TPSA) is 186 Å². The van der Waals surface area contributed by atoms with Crippen molar-refractivity contribution in [2.75, 3.05) is 19.5 Å². The molecule has 2 aliphatic heterocycles. The van der Waals surface area contributed by atoms with E-state index in [9.17, 15) is 19.2 Å². The van der Waals surface area contributed by atoms with E-state index in [0.717, 1.165) is 4.90 Å². The maximum atomic E-state index is 12.7. The molecule has 1 saturated heterocycles. The normalized spacial score (nSPS) is 20.1. The van der Waals surface area contributed by atoms with Crippen LogP contribution in [-0.2, 0) is 24.0 Å². The average Bonchev–Trinajstić information content (AvgIpc) is 3.27. The van der Waals surface area contributed by atoms with E-state index in [0.29, 0.717) is 0 Å². The van der Waals surface area contributed by atoms with E-state index in [1.807, 2.05) is 0 Å². The third-order valence-corrected chi connectivity index (χ3v) is 5.53. The molecule has 3 heterocycles. The molecule has 31 heavy (non-hydrogen) atoms. The predicted molar refractivity (Wildman–Crippen MR) is 106 cm³/mol. The fourth-order valence-electron chi connectivity index (χ4n) is 2.93. The number of furan rings is 1. The molecule has 1 aromatic rings. The first kappa shape index (κ1) is 24.7. The van der Waals surface area contributed by atoms with Crippen LogP contribution in [0.3, 0.4) is 0 Å². The summed E-state index contributed by atoms with van der Waals surface area (Å²) in [5.74, 6) is -1.95. The summed E-state index contributed by atoms with van der Waals surface area (Å²) in [5.41, 5.74) is 6.33. The van der Waals surface area contributed by atoms with E-state index in [2.05, 4.69) is 15.3 Å². The summed E-state index contributed by atoms with van der Waals surface area (Å²) in [6.07, 6.45) is 0.294. The second-order valence-electron chi connectivity index (χ2n) is 5.96. The Morgan fingerprint density at radius 3 is 2.77 bits per heavy atom. The molecule has 0 spiro atoms. The SMILES string of the molecule is CO/N=C(\C(=O)N[C@@H]1C(=O)N2C(C(=O)NO)=C(COC(N)=O)CS[C@@H]12)c1ccco1.[Na]. The molecule has 13 nitrogen and oxygen atoms in total. The van der Waals surface area contributed by atoms with Crippen LogP contribution in [-0.4, -0.2) is 100 Å². The van der Waals surface area contributed by atoms with E-state index in [4.69, 9.17) is 20.1 Å². The first-order valence-electron chi connectivity index (χ1n) is 8.38. The van der Waals surface area contributed by atoms with Crippen molar-refractivity contribution >= 4 is 70.8 Å². The first-order valence-corrected chi connectivity index (χ1v) is 9.43. The van der Waals surface area contributed by atoms with Crippen molar-refractivity contribution in [1.29, 1.82) is 0 Å². The molecule has 1 fully saturated rings. The Morgan fingerprint density at radius 2 is 2.19 bits per heavy atom. The molecule has 4 amide bonds. The smallest absolute Gasteiger partial charge is 0.404 e. The Bertz CT molecular complexity index is 934. The Morgan fingerprint density at radius 1 is 1.45 bits per heavy atom. The van der Waals surface area contributed by atoms with E-state index >= 15 is 0 Å². The first-order chi connectivity index (χ1) is 14.4. The molecule has 0 unspecified atom stereocenters. The Labute approximate surface area is 201 Å². The van der Waals surface area contributed by atoms with Gasteiger partial charge < -0.3 is 25.0 Å². The van der Waals surface area contributed by atoms with Crippen LogP contribution in [0.4, 0.5) is 4.79 Å². The summed E-state index contributed by atoms with van der Waals surface area (Å²) in [7, 11) is 1.25. The summed E-state index contributed by atoms with van der Waals surface area (Å²) in [6.45, 7) is -0.332. The molecular weight excluding hydrogens is 445 g/mol. The van der Waals surface area contributed by atoms with Gasteiger partial charge in [-0.3, -0.25) is 24.5 Å². The fourth-order valence-corrected chi connectivity index (χ4v) is 4.26. The van der Waals surface area contributed by atoms with E-state index in [1.165, 1.54) is 36.7 Å². The zero-order valence-corrected chi connectivity index (χ0v) is 19.3. The van der Waals surface area contributed by atoms with Crippen LogP contribution in [0.1, 0.15) is 5.76 Å². The number of ether oxygens (including phenoxy) is 1. The zero-order chi connectivity index (χ0) is 21.8. The van der Waals surface area contributed by atoms with Crippen LogP contribution >= 0.6 is 11.8 Å². The molecule has 1 aromatic heterocycles. The summed E-state index contributed by atoms with van der Waals surface area (Å²) in [6, 6.07) is 2.08. The summed E-state index contributed by atoms with van der Waals surface area (Å²) in [4.78, 5) is 54.0. The number of hydrogen-bond acceptors (Lipinski definition) is 10. The van der Waals surface area contributed by atoms with Gasteiger partial charge in [0.2, 0.25) is 5.71 Å². The van der Waals surface area contributed by atoms with Gasteiger partial charge in [0.25, 0.3) is 17.7 Å². The number of β-lactam (4-membered cyclic amide) rings is 1. The molecule has 0 aliphatic carbocycles. The van der Waals surface area contributed by atoms with Crippen LogP contribution in [0.25, 0.3) is 0 Å². The number of nitrogens with zero attached hydrogens (tertiary/aromatic N) is 2. The molecule has 5 N–H and O–H groups in total. The van der Waals surface area contributed by atoms with Crippen LogP contribution in [0.2, 0.25) is 0 Å². The van der Waals surface area contributed by atoms with Crippen LogP contribution in [0.15, 0.2) is 39.2 Å². The van der Waals surface area contributed by atoms with Gasteiger partial charge in [-0.15, -0.1) is 11.8 Å². The molecule has 0 saturated carbocycles. The van der Waals surface area contributed by atoms with Gasteiger partial charge in [-0.25, -0.2) is 10.3 Å². The van der Waals surface area contributed by atoms with Gasteiger partial charge >= 0.3 is 6.09 Å². The Hall–Kier alpha value is -2.52. The quantitative estimate of drug-likeness (QED) is 0.123. The Balaban J connectivity index is 0.00000341. The van der Waals surface area contributed by atoms with Crippen molar-refractivity contribution in [3.8, 4) is 0 Å². The average molecular weight is 462 g/mol. The van der Waals surface area contributed by atoms with Crippen molar-refractivity contribution in [1.82, 2.24) is 15.7 Å². The minimum absolute atomic E-state index is 0. The van der Waals surface area contributed by atoms with Gasteiger partial charge in [0.1, 0.15) is 30.8 Å². The summed E-state index contributed by atoms with van der Waals surface area (Å²) >= 11 is 1.22. The number of primary amides is 1. The van der Waals surface area contributed by atoms with Crippen molar-refractivity contribution in [3.63, 3.8) is 0 Å². The third kappa shape index (κ3) is 5.04. The maximum absolute atomic E-state index is 12.7. The second-order valence-corrected chi connectivity index (χ2v) is 7.07. The number of carbonyl (C=O) groups is 4. The Kier molecular flexibility index (Phi) is 8.52. The minimum atomic E-state index is -1.05. The van der Waals surface area contributed by atoms with Crippen molar-refractivity contribution in [2.24, 2.45) is 10.9 Å². The fraction of sp³-hybridized carbons (Fsp3) is 0.312. The summed E-state index contributed by atoms with van der Waals surface area (Å²) in [5, 5.41) is 14.6. The number of fused-ring (bicyclic) bond motifs is 1. The van der Waals surface area contributed by atoms with Crippen LogP contribution in [0.5, 0.6) is 0 Å². The number of hydroxylamine groups is 1. The number of nitrogens with one attached hydrogen (secondary N) is 2. The van der Waals surface area contributed by atoms with Gasteiger partial charge in [0.05, 0.1) is 6.26 Å². The zero-order valence-electron chi connectivity index (χ0n) is 16.5. The standard InChI is InChI=1S/C16H17N5O8S.Na/c1-27-20-9(8-3-2-4-28-8)12(22)18-10-14(24)21-11(13(23)19-26)7(5-29-16(17)25)6-30-15(10)21;/h2-4,10,15,26H,5-6H2,1H3,(H2,17,25)(H,18,22)(H,19,23);/b20-9-;/t10-,15+;/m1./s1. The molecular formula is C16H17N5NaO8S. The van der Waals surface area contributed by atoms with Gasteiger partial charge in [-0.1, -0.05) is 5.16 Å². The molecule has 2 aliphatic rings.